The van der Waals surface area contributed by atoms with Crippen LogP contribution < -0.4 is 5.32 Å². The number of nitrogens with zero attached hydrogens (tertiary/aromatic N) is 1. The van der Waals surface area contributed by atoms with Gasteiger partial charge in [0.2, 0.25) is 0 Å². The van der Waals surface area contributed by atoms with Crippen molar-refractivity contribution in [2.24, 2.45) is 0 Å². The fraction of sp³-hybridized carbons (Fsp3) is 0.125. The van der Waals surface area contributed by atoms with E-state index >= 15 is 0 Å². The van der Waals surface area contributed by atoms with Crippen molar-refractivity contribution in [1.29, 1.82) is 0 Å². The number of benzene rings is 2. The van der Waals surface area contributed by atoms with E-state index in [-0.39, 0.29) is 6.01 Å². The van der Waals surface area contributed by atoms with E-state index in [1.807, 2.05) is 48.5 Å². The summed E-state index contributed by atoms with van der Waals surface area (Å²) in [5, 5.41) is 2.45. The van der Waals surface area contributed by atoms with Crippen molar-refractivity contribution in [1.82, 2.24) is 4.98 Å². The third kappa shape index (κ3) is 2.86. The summed E-state index contributed by atoms with van der Waals surface area (Å²) in [6.45, 7) is 2.03. The first-order valence-electron chi connectivity index (χ1n) is 6.66. The van der Waals surface area contributed by atoms with E-state index in [0.717, 1.165) is 11.1 Å². The highest BCUT2D eigenvalue weighted by Gasteiger charge is 2.10. The molecule has 0 aliphatic heterocycles. The fourth-order valence-corrected chi connectivity index (χ4v) is 2.05. The summed E-state index contributed by atoms with van der Waals surface area (Å²) >= 11 is 0. The maximum atomic E-state index is 11.3. The second kappa shape index (κ2) is 5.66. The van der Waals surface area contributed by atoms with E-state index in [0.29, 0.717) is 17.7 Å². The number of ether oxygens (including phenoxy) is 1. The number of aromatic nitrogens is 1. The Hall–Kier alpha value is -2.82. The molecule has 21 heavy (non-hydrogen) atoms. The van der Waals surface area contributed by atoms with Crippen LogP contribution in [0.4, 0.5) is 10.8 Å². The first kappa shape index (κ1) is 13.2. The summed E-state index contributed by atoms with van der Waals surface area (Å²) in [7, 11) is 0. The van der Waals surface area contributed by atoms with Crippen LogP contribution in [0.15, 0.2) is 52.9 Å². The summed E-state index contributed by atoms with van der Waals surface area (Å²) in [5.74, 6) is 0. The number of amides is 1. The minimum absolute atomic E-state index is 0.133. The molecule has 5 nitrogen and oxygen atoms in total. The maximum absolute atomic E-state index is 11.3. The van der Waals surface area contributed by atoms with Gasteiger partial charge in [0.05, 0.1) is 6.61 Å². The van der Waals surface area contributed by atoms with Crippen molar-refractivity contribution in [3.8, 4) is 11.1 Å². The Morgan fingerprint density at radius 2 is 2.00 bits per heavy atom. The van der Waals surface area contributed by atoms with Gasteiger partial charge in [0.25, 0.3) is 0 Å². The lowest BCUT2D eigenvalue weighted by molar-refractivity contribution is 0.167. The minimum atomic E-state index is -0.577. The number of rotatable bonds is 3. The van der Waals surface area contributed by atoms with Crippen LogP contribution in [0.5, 0.6) is 0 Å². The smallest absolute Gasteiger partial charge is 0.415 e. The van der Waals surface area contributed by atoms with Gasteiger partial charge >= 0.3 is 12.1 Å². The zero-order valence-electron chi connectivity index (χ0n) is 11.5. The standard InChI is InChI=1S/C16H14N2O3/c1-2-20-16(19)18-15-17-13-10-12(8-9-14(13)21-15)11-6-4-3-5-7-11/h3-10H,2H2,1H3,(H,17,18,19). The topological polar surface area (TPSA) is 64.4 Å². The van der Waals surface area contributed by atoms with E-state index in [4.69, 9.17) is 9.15 Å². The number of nitrogens with one attached hydrogen (secondary N) is 1. The Labute approximate surface area is 121 Å². The van der Waals surface area contributed by atoms with E-state index in [2.05, 4.69) is 10.3 Å². The van der Waals surface area contributed by atoms with Crippen LogP contribution in [0.3, 0.4) is 0 Å². The number of oxazole rings is 1. The molecule has 1 N–H and O–H groups in total. The summed E-state index contributed by atoms with van der Waals surface area (Å²) in [6, 6.07) is 15.8. The molecule has 0 atom stereocenters. The predicted molar refractivity (Wildman–Crippen MR) is 80.1 cm³/mol. The van der Waals surface area contributed by atoms with Gasteiger partial charge in [-0.2, -0.15) is 4.98 Å². The molecule has 0 aliphatic carbocycles. The highest BCUT2D eigenvalue weighted by atomic mass is 16.5. The number of hydrogen-bond acceptors (Lipinski definition) is 4. The minimum Gasteiger partial charge on any atom is -0.450 e. The SMILES string of the molecule is CCOC(=O)Nc1nc2cc(-c3ccccc3)ccc2o1. The summed E-state index contributed by atoms with van der Waals surface area (Å²) < 4.78 is 10.2. The van der Waals surface area contributed by atoms with Crippen molar-refractivity contribution >= 4 is 23.2 Å². The lowest BCUT2D eigenvalue weighted by Crippen LogP contribution is -2.13. The molecule has 106 valence electrons. The molecule has 0 saturated heterocycles. The molecule has 2 aromatic carbocycles. The van der Waals surface area contributed by atoms with E-state index in [1.54, 1.807) is 6.92 Å². The van der Waals surface area contributed by atoms with Crippen molar-refractivity contribution in [3.63, 3.8) is 0 Å². The number of anilines is 1. The van der Waals surface area contributed by atoms with Gasteiger partial charge in [-0.15, -0.1) is 0 Å². The monoisotopic (exact) mass is 282 g/mol. The Morgan fingerprint density at radius 1 is 1.19 bits per heavy atom. The first-order valence-corrected chi connectivity index (χ1v) is 6.66. The molecule has 3 aromatic rings. The Kier molecular flexibility index (Phi) is 3.55. The molecular formula is C16H14N2O3. The molecule has 1 amide bonds. The van der Waals surface area contributed by atoms with Crippen LogP contribution in [0.2, 0.25) is 0 Å². The maximum Gasteiger partial charge on any atom is 0.415 e. The van der Waals surface area contributed by atoms with Gasteiger partial charge < -0.3 is 9.15 Å². The highest BCUT2D eigenvalue weighted by Crippen LogP contribution is 2.26. The molecule has 1 aromatic heterocycles. The van der Waals surface area contributed by atoms with Gasteiger partial charge in [-0.3, -0.25) is 0 Å². The summed E-state index contributed by atoms with van der Waals surface area (Å²) in [4.78, 5) is 15.6. The normalized spacial score (nSPS) is 10.5. The molecule has 0 bridgehead atoms. The van der Waals surface area contributed by atoms with E-state index in [1.165, 1.54) is 0 Å². The van der Waals surface area contributed by atoms with Crippen molar-refractivity contribution in [2.75, 3.05) is 11.9 Å². The second-order valence-corrected chi connectivity index (χ2v) is 4.41. The molecular weight excluding hydrogens is 268 g/mol. The van der Waals surface area contributed by atoms with Crippen molar-refractivity contribution in [2.45, 2.75) is 6.92 Å². The van der Waals surface area contributed by atoms with Gasteiger partial charge in [-0.1, -0.05) is 36.4 Å². The van der Waals surface area contributed by atoms with Crippen LogP contribution in [-0.2, 0) is 4.74 Å². The molecule has 0 saturated carbocycles. The van der Waals surface area contributed by atoms with Crippen molar-refractivity contribution in [3.05, 3.63) is 48.5 Å². The molecule has 0 radical (unpaired) electrons. The van der Waals surface area contributed by atoms with Crippen LogP contribution in [0, 0.1) is 0 Å². The predicted octanol–water partition coefficient (Wildman–Crippen LogP) is 4.06. The molecule has 0 unspecified atom stereocenters. The molecule has 0 fully saturated rings. The van der Waals surface area contributed by atoms with Gasteiger partial charge in [0.15, 0.2) is 5.58 Å². The summed E-state index contributed by atoms with van der Waals surface area (Å²) in [5.41, 5.74) is 3.44. The lowest BCUT2D eigenvalue weighted by atomic mass is 10.1. The molecule has 0 aliphatic rings. The first-order chi connectivity index (χ1) is 10.3. The Bertz CT molecular complexity index is 766. The van der Waals surface area contributed by atoms with E-state index < -0.39 is 6.09 Å². The van der Waals surface area contributed by atoms with E-state index in [9.17, 15) is 4.79 Å². The quantitative estimate of drug-likeness (QED) is 0.786. The molecule has 1 heterocycles. The van der Waals surface area contributed by atoms with Gasteiger partial charge in [0, 0.05) is 0 Å². The van der Waals surface area contributed by atoms with Crippen LogP contribution in [0.1, 0.15) is 6.92 Å². The largest absolute Gasteiger partial charge is 0.450 e. The third-order valence-electron chi connectivity index (χ3n) is 2.98. The van der Waals surface area contributed by atoms with Gasteiger partial charge in [0.1, 0.15) is 5.52 Å². The number of carbonyl (C=O) groups is 1. The summed E-state index contributed by atoms with van der Waals surface area (Å²) in [6.07, 6.45) is -0.577. The van der Waals surface area contributed by atoms with Gasteiger partial charge in [-0.25, -0.2) is 10.1 Å². The van der Waals surface area contributed by atoms with Crippen molar-refractivity contribution < 1.29 is 13.9 Å². The fourth-order valence-electron chi connectivity index (χ4n) is 2.05. The molecule has 0 spiro atoms. The zero-order valence-corrected chi connectivity index (χ0v) is 11.5. The number of carbonyl (C=O) groups excluding carboxylic acids is 1. The molecule has 5 heteroatoms. The van der Waals surface area contributed by atoms with Gasteiger partial charge in [-0.05, 0) is 30.2 Å². The Morgan fingerprint density at radius 3 is 2.76 bits per heavy atom. The molecule has 3 rings (SSSR count). The van der Waals surface area contributed by atoms with Crippen LogP contribution in [-0.4, -0.2) is 17.7 Å². The number of hydrogen-bond donors (Lipinski definition) is 1. The van der Waals surface area contributed by atoms with Crippen LogP contribution >= 0.6 is 0 Å². The third-order valence-corrected chi connectivity index (χ3v) is 2.98. The second-order valence-electron chi connectivity index (χ2n) is 4.41. The highest BCUT2D eigenvalue weighted by molar-refractivity contribution is 5.86. The zero-order chi connectivity index (χ0) is 14.7. The van der Waals surface area contributed by atoms with Crippen LogP contribution in [0.25, 0.3) is 22.2 Å². The number of fused-ring (bicyclic) bond motifs is 1. The lowest BCUT2D eigenvalue weighted by Gasteiger charge is -1.99. The average molecular weight is 282 g/mol. The Balaban J connectivity index is 1.90. The average Bonchev–Trinajstić information content (AvgIpc) is 2.89.